The molecule has 35 nitrogen and oxygen atoms in total. The zero-order valence-electron chi connectivity index (χ0n) is 62.9. The van der Waals surface area contributed by atoms with Crippen molar-refractivity contribution in [1.29, 1.82) is 0 Å². The molecule has 2 aromatic heterocycles. The van der Waals surface area contributed by atoms with Gasteiger partial charge in [0.25, 0.3) is 0 Å². The van der Waals surface area contributed by atoms with Gasteiger partial charge in [0.1, 0.15) is 72.2 Å². The fourth-order valence-corrected chi connectivity index (χ4v) is 12.1. The van der Waals surface area contributed by atoms with E-state index in [0.717, 1.165) is 0 Å². The number of aromatic nitrogens is 4. The first kappa shape index (κ1) is 87.6. The van der Waals surface area contributed by atoms with Crippen molar-refractivity contribution in [2.24, 2.45) is 51.8 Å². The van der Waals surface area contributed by atoms with Crippen LogP contribution in [0.3, 0.4) is 0 Å². The van der Waals surface area contributed by atoms with E-state index in [1.807, 2.05) is 13.8 Å². The largest absolute Gasteiger partial charge is 0.508 e. The van der Waals surface area contributed by atoms with Crippen LogP contribution in [0.4, 0.5) is 0 Å². The zero-order chi connectivity index (χ0) is 80.1. The minimum Gasteiger partial charge on any atom is -0.508 e. The Morgan fingerprint density at radius 1 is 0.537 bits per heavy atom. The number of aliphatic imine (C=N–C) groups is 1. The minimum absolute atomic E-state index is 0.0144. The molecule has 0 spiro atoms. The molecule has 14 unspecified atom stereocenters. The molecule has 0 saturated carbocycles. The molecule has 108 heavy (non-hydrogen) atoms. The van der Waals surface area contributed by atoms with E-state index in [4.69, 9.17) is 17.2 Å². The third kappa shape index (κ3) is 27.7. The van der Waals surface area contributed by atoms with Crippen molar-refractivity contribution in [2.75, 3.05) is 13.1 Å². The summed E-state index contributed by atoms with van der Waals surface area (Å²) in [7, 11) is 0. The number of guanidine groups is 1. The predicted octanol–water partition coefficient (Wildman–Crippen LogP) is -0.662. The number of phenolic OH excluding ortho intramolecular Hbond substituents is 1. The van der Waals surface area contributed by atoms with Crippen LogP contribution in [0.5, 0.6) is 5.75 Å². The van der Waals surface area contributed by atoms with Gasteiger partial charge in [0.15, 0.2) is 5.96 Å². The van der Waals surface area contributed by atoms with E-state index in [2.05, 4.69) is 78.1 Å². The molecule has 1 saturated heterocycles. The second-order valence-electron chi connectivity index (χ2n) is 28.5. The first-order valence-electron chi connectivity index (χ1n) is 36.5. The molecule has 1 aliphatic heterocycles. The number of aromatic hydroxyl groups is 1. The highest BCUT2D eigenvalue weighted by molar-refractivity contribution is 6.00. The number of imidazole rings is 2. The lowest BCUT2D eigenvalue weighted by molar-refractivity contribution is -0.144. The van der Waals surface area contributed by atoms with Crippen molar-refractivity contribution in [3.8, 4) is 5.75 Å². The van der Waals surface area contributed by atoms with E-state index in [0.29, 0.717) is 35.4 Å². The van der Waals surface area contributed by atoms with Crippen molar-refractivity contribution in [2.45, 2.75) is 219 Å². The molecule has 35 heteroatoms. The van der Waals surface area contributed by atoms with E-state index in [1.54, 1.807) is 85.7 Å². The molecule has 1 fully saturated rings. The Labute approximate surface area is 627 Å². The molecule has 0 bridgehead atoms. The van der Waals surface area contributed by atoms with Gasteiger partial charge in [-0.2, -0.15) is 0 Å². The highest BCUT2D eigenvalue weighted by Crippen LogP contribution is 2.23. The summed E-state index contributed by atoms with van der Waals surface area (Å²) < 4.78 is 0. The number of carbonyl (C=O) groups is 13. The molecule has 0 aliphatic carbocycles. The number of aromatic amines is 2. The molecule has 14 atom stereocenters. The number of aliphatic carboxylic acids is 2. The quantitative estimate of drug-likeness (QED) is 0.0148. The normalized spacial score (nSPS) is 16.4. The number of nitrogens with zero attached hydrogens (tertiary/aromatic N) is 4. The summed E-state index contributed by atoms with van der Waals surface area (Å²) in [6.45, 7) is 17.1. The van der Waals surface area contributed by atoms with Crippen LogP contribution >= 0.6 is 0 Å². The Bertz CT molecular complexity index is 3690. The number of phenols is 1. The number of likely N-dealkylation sites (tertiary alicyclic amines) is 1. The Morgan fingerprint density at radius 3 is 1.50 bits per heavy atom. The summed E-state index contributed by atoms with van der Waals surface area (Å²) >= 11 is 0. The molecule has 1 aliphatic rings. The fourth-order valence-electron chi connectivity index (χ4n) is 12.1. The summed E-state index contributed by atoms with van der Waals surface area (Å²) in [4.78, 5) is 202. The predicted molar refractivity (Wildman–Crippen MR) is 396 cm³/mol. The second kappa shape index (κ2) is 43.0. The van der Waals surface area contributed by atoms with Crippen molar-refractivity contribution in [3.05, 3.63) is 102 Å². The molecule has 4 aromatic rings. The van der Waals surface area contributed by atoms with Gasteiger partial charge >= 0.3 is 11.9 Å². The molecule has 5 rings (SSSR count). The van der Waals surface area contributed by atoms with Crippen LogP contribution in [-0.4, -0.2) is 209 Å². The summed E-state index contributed by atoms with van der Waals surface area (Å²) in [6, 6.07) is -2.09. The summed E-state index contributed by atoms with van der Waals surface area (Å²) in [5.41, 5.74) is 18.6. The number of carboxylic acid groups (broad SMARTS) is 2. The third-order valence-corrected chi connectivity index (χ3v) is 18.7. The molecular formula is C73H109N19O16. The maximum atomic E-state index is 15.3. The second-order valence-corrected chi connectivity index (χ2v) is 28.5. The van der Waals surface area contributed by atoms with E-state index in [-0.39, 0.29) is 88.5 Å². The first-order chi connectivity index (χ1) is 51.1. The summed E-state index contributed by atoms with van der Waals surface area (Å²) in [5, 5.41) is 56.5. The van der Waals surface area contributed by atoms with E-state index in [9.17, 15) is 68.1 Å². The standard InChI is InChI=1S/C73H109N19O16/c1-11-41(9)59(90-66(101)52(30-44-22-24-47(93)25-23-44)86-68(103)57(39(5)6)88-62(97)49(20-16-26-79-73(75)76)82-61(96)48(74)33-56(94)95)70(105)87-54(32-46-35-78-37-81-46)71(106)92-27-17-21-55(92)67(102)85-51(29-43-18-14-13-15-19-43)63(98)84-53(31-45-34-77-36-80-45)64(99)83-50(28-38(3)4)65(100)89-58(40(7)8)69(104)91-60(72(107)108)42(10)12-2/h13-15,18-19,22-25,34-42,48-55,57-60,93H,11-12,16-17,20-21,26-33,74H2,1-10H3,(H,77,80)(H,78,81)(H,82,96)(H,83,99)(H,84,98)(H,85,102)(H,86,103)(H,87,105)(H,88,97)(H,89,100)(H,90,101)(H,91,104)(H,94,95)(H,107,108)(H4,75,76,79). The number of rotatable bonds is 44. The number of nitrogens with one attached hydrogen (secondary N) is 12. The molecule has 0 radical (unpaired) electrons. The first-order valence-corrected chi connectivity index (χ1v) is 36.5. The van der Waals surface area contributed by atoms with E-state index in [1.165, 1.54) is 54.2 Å². The SMILES string of the molecule is CCC(C)C(NC(=O)C(NC(=O)C(CC(C)C)NC(=O)C(Cc1cnc[nH]1)NC(=O)C(Cc1ccccc1)NC(=O)C1CCCN1C(=O)C(Cc1cnc[nH]1)NC(=O)C(NC(=O)C(Cc1ccc(O)cc1)NC(=O)C(NC(=O)C(CCCN=C(N)N)NC(=O)C(N)CC(=O)O)C(C)C)C(C)CC)C(C)C)C(=O)O. The number of hydrogen-bond donors (Lipinski definition) is 18. The van der Waals surface area contributed by atoms with Crippen LogP contribution in [0.15, 0.2) is 84.6 Å². The summed E-state index contributed by atoms with van der Waals surface area (Å²) in [6.07, 6.45) is 5.34. The molecular weight excluding hydrogens is 1400 g/mol. The van der Waals surface area contributed by atoms with E-state index >= 15 is 9.59 Å². The van der Waals surface area contributed by atoms with Crippen LogP contribution in [0, 0.1) is 29.6 Å². The van der Waals surface area contributed by atoms with Crippen molar-refractivity contribution in [3.63, 3.8) is 0 Å². The van der Waals surface area contributed by atoms with Crippen LogP contribution in [0.2, 0.25) is 0 Å². The lowest BCUT2D eigenvalue weighted by Crippen LogP contribution is -2.62. The Hall–Kier alpha value is -11.0. The third-order valence-electron chi connectivity index (χ3n) is 18.7. The molecule has 592 valence electrons. The topological polar surface area (TPSA) is 554 Å². The summed E-state index contributed by atoms with van der Waals surface area (Å²) in [5.74, 6) is -14.5. The lowest BCUT2D eigenvalue weighted by atomic mass is 9.96. The van der Waals surface area contributed by atoms with Gasteiger partial charge in [-0.15, -0.1) is 0 Å². The lowest BCUT2D eigenvalue weighted by Gasteiger charge is -2.32. The van der Waals surface area contributed by atoms with Gasteiger partial charge in [0, 0.05) is 62.6 Å². The number of carbonyl (C=O) groups excluding carboxylic acids is 11. The smallest absolute Gasteiger partial charge is 0.326 e. The Morgan fingerprint density at radius 2 is 0.981 bits per heavy atom. The van der Waals surface area contributed by atoms with Crippen LogP contribution < -0.4 is 70.4 Å². The number of amides is 11. The number of hydrogen-bond acceptors (Lipinski definition) is 18. The Kier molecular flexibility index (Phi) is 34.9. The van der Waals surface area contributed by atoms with Crippen LogP contribution in [-0.2, 0) is 88.0 Å². The maximum absolute atomic E-state index is 15.3. The number of H-pyrrole nitrogens is 2. The van der Waals surface area contributed by atoms with Gasteiger partial charge in [-0.05, 0) is 85.0 Å². The minimum atomic E-state index is -1.55. The molecule has 3 heterocycles. The Balaban J connectivity index is 1.42. The zero-order valence-corrected chi connectivity index (χ0v) is 62.9. The van der Waals surface area contributed by atoms with Crippen molar-refractivity contribution >= 4 is 82.9 Å². The number of nitrogens with two attached hydrogens (primary N) is 3. The van der Waals surface area contributed by atoms with Gasteiger partial charge < -0.3 is 101 Å². The van der Waals surface area contributed by atoms with Gasteiger partial charge in [0.2, 0.25) is 65.0 Å². The average molecular weight is 1510 g/mol. The highest BCUT2D eigenvalue weighted by Gasteiger charge is 2.43. The van der Waals surface area contributed by atoms with Crippen LogP contribution in [0.25, 0.3) is 0 Å². The van der Waals surface area contributed by atoms with Gasteiger partial charge in [0.05, 0.1) is 25.1 Å². The van der Waals surface area contributed by atoms with Gasteiger partial charge in [-0.3, -0.25) is 62.5 Å². The van der Waals surface area contributed by atoms with Gasteiger partial charge in [-0.25, -0.2) is 14.8 Å². The molecule has 11 amide bonds. The monoisotopic (exact) mass is 1510 g/mol. The number of carboxylic acids is 2. The van der Waals surface area contributed by atoms with Crippen molar-refractivity contribution < 1.29 is 77.6 Å². The van der Waals surface area contributed by atoms with E-state index < -0.39 is 180 Å². The van der Waals surface area contributed by atoms with Crippen LogP contribution in [0.1, 0.15) is 143 Å². The molecule has 2 aromatic carbocycles. The van der Waals surface area contributed by atoms with Gasteiger partial charge in [-0.1, -0.05) is 125 Å². The fraction of sp³-hybridized carbons (Fsp3) is 0.562. The highest BCUT2D eigenvalue weighted by atomic mass is 16.4. The molecule has 21 N–H and O–H groups in total. The number of benzene rings is 2. The maximum Gasteiger partial charge on any atom is 0.326 e. The average Bonchev–Trinajstić information content (AvgIpc) is 1.53. The van der Waals surface area contributed by atoms with Crippen molar-refractivity contribution in [1.82, 2.24) is 78.0 Å².